The van der Waals surface area contributed by atoms with E-state index in [9.17, 15) is 4.55 Å². The third-order valence-electron chi connectivity index (χ3n) is 1.66. The predicted octanol–water partition coefficient (Wildman–Crippen LogP) is 2.56. The van der Waals surface area contributed by atoms with Gasteiger partial charge in [-0.2, -0.15) is 0 Å². The van der Waals surface area contributed by atoms with E-state index in [1.54, 1.807) is 6.07 Å². The van der Waals surface area contributed by atoms with Gasteiger partial charge in [-0.15, -0.1) is 0 Å². The molecule has 0 amide bonds. The summed E-state index contributed by atoms with van der Waals surface area (Å²) in [5.41, 5.74) is 2.31. The summed E-state index contributed by atoms with van der Waals surface area (Å²) < 4.78 is 10.8. The number of aryl methyl sites for hydroxylation is 2. The fraction of sp³-hybridized carbons (Fsp3) is 0.250. The largest absolute Gasteiger partial charge is 0.594 e. The van der Waals surface area contributed by atoms with Crippen LogP contribution < -0.4 is 0 Å². The third-order valence-corrected chi connectivity index (χ3v) is 2.82. The molecule has 0 saturated heterocycles. The Morgan fingerprint density at radius 2 is 1.91 bits per heavy atom. The third kappa shape index (κ3) is 2.12. The van der Waals surface area contributed by atoms with Crippen molar-refractivity contribution in [2.45, 2.75) is 18.7 Å². The van der Waals surface area contributed by atoms with Crippen molar-refractivity contribution >= 4 is 21.1 Å². The van der Waals surface area contributed by atoms with Gasteiger partial charge in [-0.05, 0) is 37.1 Å². The zero-order chi connectivity index (χ0) is 8.43. The maximum atomic E-state index is 10.8. The Balaban J connectivity index is 3.05. The molecular weight excluding hydrogens is 180 g/mol. The van der Waals surface area contributed by atoms with Gasteiger partial charge in [0.15, 0.2) is 15.6 Å². The van der Waals surface area contributed by atoms with Crippen molar-refractivity contribution in [1.82, 2.24) is 0 Å². The van der Waals surface area contributed by atoms with Gasteiger partial charge >= 0.3 is 0 Å². The number of benzene rings is 1. The van der Waals surface area contributed by atoms with Crippen LogP contribution in [0.5, 0.6) is 0 Å². The van der Waals surface area contributed by atoms with Crippen LogP contribution in [-0.2, 0) is 10.4 Å². The van der Waals surface area contributed by atoms with E-state index in [4.69, 9.17) is 10.7 Å². The van der Waals surface area contributed by atoms with Crippen molar-refractivity contribution in [3.05, 3.63) is 29.3 Å². The molecule has 1 aromatic carbocycles. The summed E-state index contributed by atoms with van der Waals surface area (Å²) >= 11 is 0. The van der Waals surface area contributed by atoms with Crippen LogP contribution in [0.15, 0.2) is 23.1 Å². The normalized spacial score (nSPS) is 13.1. The lowest BCUT2D eigenvalue weighted by atomic mass is 10.1. The topological polar surface area (TPSA) is 23.1 Å². The van der Waals surface area contributed by atoms with E-state index >= 15 is 0 Å². The number of halogens is 1. The second-order valence-corrected chi connectivity index (χ2v) is 4.23. The number of hydrogen-bond acceptors (Lipinski definition) is 1. The molecule has 60 valence electrons. The van der Waals surface area contributed by atoms with Gasteiger partial charge < -0.3 is 4.55 Å². The van der Waals surface area contributed by atoms with Crippen molar-refractivity contribution in [1.29, 1.82) is 0 Å². The second kappa shape index (κ2) is 3.48. The lowest BCUT2D eigenvalue weighted by Crippen LogP contribution is -1.92. The Morgan fingerprint density at radius 3 is 2.36 bits per heavy atom. The lowest BCUT2D eigenvalue weighted by molar-refractivity contribution is 0.608. The van der Waals surface area contributed by atoms with Crippen LogP contribution >= 0.6 is 10.7 Å². The van der Waals surface area contributed by atoms with Crippen molar-refractivity contribution in [2.24, 2.45) is 0 Å². The molecule has 1 rings (SSSR count). The van der Waals surface area contributed by atoms with Crippen LogP contribution in [0.1, 0.15) is 11.1 Å². The first-order valence-electron chi connectivity index (χ1n) is 3.26. The summed E-state index contributed by atoms with van der Waals surface area (Å²) in [5, 5.41) is 0. The maximum absolute atomic E-state index is 10.8. The first-order chi connectivity index (χ1) is 5.11. The Labute approximate surface area is 74.1 Å². The predicted molar refractivity (Wildman–Crippen MR) is 48.2 cm³/mol. The van der Waals surface area contributed by atoms with E-state index in [2.05, 4.69) is 0 Å². The zero-order valence-corrected chi connectivity index (χ0v) is 8.00. The highest BCUT2D eigenvalue weighted by Gasteiger charge is 2.07. The Hall–Kier alpha value is -0.180. The Bertz CT molecular complexity index is 260. The van der Waals surface area contributed by atoms with Gasteiger partial charge in [0.05, 0.1) is 0 Å². The molecular formula is C8H9ClOS. The van der Waals surface area contributed by atoms with E-state index < -0.39 is 10.4 Å². The molecule has 0 spiro atoms. The molecule has 0 radical (unpaired) electrons. The van der Waals surface area contributed by atoms with E-state index in [-0.39, 0.29) is 0 Å². The summed E-state index contributed by atoms with van der Waals surface area (Å²) in [7, 11) is 4.02. The summed E-state index contributed by atoms with van der Waals surface area (Å²) in [6.07, 6.45) is 0. The first kappa shape index (κ1) is 8.91. The van der Waals surface area contributed by atoms with E-state index in [1.807, 2.05) is 26.0 Å². The van der Waals surface area contributed by atoms with E-state index in [0.717, 1.165) is 5.56 Å². The van der Waals surface area contributed by atoms with Crippen LogP contribution in [0.25, 0.3) is 0 Å². The molecule has 0 aromatic heterocycles. The van der Waals surface area contributed by atoms with Crippen LogP contribution in [0.3, 0.4) is 0 Å². The zero-order valence-electron chi connectivity index (χ0n) is 6.43. The molecule has 0 fully saturated rings. The monoisotopic (exact) mass is 188 g/mol. The molecule has 1 aromatic rings. The molecule has 0 saturated carbocycles. The standard InChI is InChI=1S/C8H9ClOS/c1-6-3-4-8(11(9)10)5-7(6)2/h3-5H,1-2H3. The van der Waals surface area contributed by atoms with Crippen LogP contribution in [0, 0.1) is 13.8 Å². The Morgan fingerprint density at radius 1 is 1.27 bits per heavy atom. The molecule has 1 atom stereocenters. The summed E-state index contributed by atoms with van der Waals surface area (Å²) in [6, 6.07) is 5.55. The van der Waals surface area contributed by atoms with Crippen molar-refractivity contribution in [3.8, 4) is 0 Å². The number of rotatable bonds is 1. The molecule has 0 bridgehead atoms. The molecule has 0 aliphatic heterocycles. The fourth-order valence-corrected chi connectivity index (χ4v) is 1.55. The van der Waals surface area contributed by atoms with Crippen LogP contribution in [0.2, 0.25) is 0 Å². The van der Waals surface area contributed by atoms with Crippen LogP contribution in [-0.4, -0.2) is 4.55 Å². The van der Waals surface area contributed by atoms with Crippen LogP contribution in [0.4, 0.5) is 0 Å². The summed E-state index contributed by atoms with van der Waals surface area (Å²) in [5.74, 6) is 0. The smallest absolute Gasteiger partial charge is 0.181 e. The van der Waals surface area contributed by atoms with Crippen molar-refractivity contribution < 1.29 is 4.55 Å². The van der Waals surface area contributed by atoms with Crippen molar-refractivity contribution in [2.75, 3.05) is 0 Å². The molecule has 0 aliphatic rings. The highest BCUT2D eigenvalue weighted by Crippen LogP contribution is 2.17. The van der Waals surface area contributed by atoms with Gasteiger partial charge in [0.25, 0.3) is 0 Å². The highest BCUT2D eigenvalue weighted by molar-refractivity contribution is 8.13. The minimum Gasteiger partial charge on any atom is -0.594 e. The molecule has 0 N–H and O–H groups in total. The molecule has 1 nitrogen and oxygen atoms in total. The summed E-state index contributed by atoms with van der Waals surface area (Å²) in [6.45, 7) is 3.98. The quantitative estimate of drug-likeness (QED) is 0.622. The lowest BCUT2D eigenvalue weighted by Gasteiger charge is -2.02. The van der Waals surface area contributed by atoms with Gasteiger partial charge in [-0.3, -0.25) is 0 Å². The minimum absolute atomic E-state index is 0.676. The van der Waals surface area contributed by atoms with Gasteiger partial charge in [-0.25, -0.2) is 0 Å². The second-order valence-electron chi connectivity index (χ2n) is 2.47. The molecule has 11 heavy (non-hydrogen) atoms. The molecule has 1 unspecified atom stereocenters. The van der Waals surface area contributed by atoms with E-state index in [1.165, 1.54) is 5.56 Å². The minimum atomic E-state index is -1.38. The molecule has 3 heteroatoms. The fourth-order valence-electron chi connectivity index (χ4n) is 0.814. The maximum Gasteiger partial charge on any atom is 0.181 e. The van der Waals surface area contributed by atoms with Crippen molar-refractivity contribution in [3.63, 3.8) is 0 Å². The number of hydrogen-bond donors (Lipinski definition) is 0. The van der Waals surface area contributed by atoms with Gasteiger partial charge in [0.1, 0.15) is 10.4 Å². The van der Waals surface area contributed by atoms with Gasteiger partial charge in [0.2, 0.25) is 0 Å². The summed E-state index contributed by atoms with van der Waals surface area (Å²) in [4.78, 5) is 0.676. The van der Waals surface area contributed by atoms with Gasteiger partial charge in [-0.1, -0.05) is 6.07 Å². The average molecular weight is 189 g/mol. The van der Waals surface area contributed by atoms with E-state index in [0.29, 0.717) is 4.90 Å². The SMILES string of the molecule is Cc1ccc([S+]([O-])Cl)cc1C. The molecule has 0 aliphatic carbocycles. The molecule has 0 heterocycles. The average Bonchev–Trinajstić information content (AvgIpc) is 1.94. The Kier molecular flexibility index (Phi) is 2.82. The highest BCUT2D eigenvalue weighted by atomic mass is 35.7. The van der Waals surface area contributed by atoms with Gasteiger partial charge in [0, 0.05) is 0 Å². The first-order valence-corrected chi connectivity index (χ1v) is 5.24.